The molecule has 0 radical (unpaired) electrons. The van der Waals surface area contributed by atoms with Crippen molar-refractivity contribution in [1.29, 1.82) is 0 Å². The van der Waals surface area contributed by atoms with E-state index in [2.05, 4.69) is 15.3 Å². The Bertz CT molecular complexity index is 1890. The van der Waals surface area contributed by atoms with E-state index >= 15 is 4.39 Å². The minimum absolute atomic E-state index is 0.0301. The van der Waals surface area contributed by atoms with E-state index in [0.717, 1.165) is 24.5 Å². The molecule has 232 valence electrons. The number of carbonyl (C=O) groups is 1. The first-order valence-corrected chi connectivity index (χ1v) is 14.7. The summed E-state index contributed by atoms with van der Waals surface area (Å²) in [4.78, 5) is 37.9. The summed E-state index contributed by atoms with van der Waals surface area (Å²) >= 11 is 0. The van der Waals surface area contributed by atoms with Crippen LogP contribution in [-0.2, 0) is 0 Å². The number of carbonyl (C=O) groups excluding carboxylic acids is 1. The molecule has 6 rings (SSSR count). The van der Waals surface area contributed by atoms with Gasteiger partial charge in [-0.25, -0.2) is 13.8 Å². The van der Waals surface area contributed by atoms with E-state index in [9.17, 15) is 14.0 Å². The number of aromatic amines is 1. The topological polar surface area (TPSA) is 132 Å². The van der Waals surface area contributed by atoms with Crippen molar-refractivity contribution in [2.24, 2.45) is 4.99 Å². The van der Waals surface area contributed by atoms with Crippen molar-refractivity contribution in [3.8, 4) is 22.8 Å². The van der Waals surface area contributed by atoms with Gasteiger partial charge < -0.3 is 25.5 Å². The van der Waals surface area contributed by atoms with Gasteiger partial charge >= 0.3 is 0 Å². The average molecular weight is 614 g/mol. The summed E-state index contributed by atoms with van der Waals surface area (Å²) < 4.78 is 40.7. The van der Waals surface area contributed by atoms with Crippen molar-refractivity contribution in [3.63, 3.8) is 0 Å². The van der Waals surface area contributed by atoms with Crippen molar-refractivity contribution < 1.29 is 23.0 Å². The molecule has 3 heterocycles. The Kier molecular flexibility index (Phi) is 8.09. The standard InChI is InChI=1S/C34H33F2N5O4/c1-17-8-24(27(36)13-26(17)35)32-33-23(18(2)16-45-33)12-28(41-32)25(19-6-7-38-30(42)11-19)15-40-34(43)20-9-21(14-39-22-4-5-22)31(37)29(10-20)44-3/h6-14,18,22,25H,4-5,15-16,37H2,1-3H3,(H,38,42)(H,40,43). The van der Waals surface area contributed by atoms with Crippen LogP contribution in [0.25, 0.3) is 11.3 Å². The number of fused-ring (bicyclic) bond motifs is 1. The average Bonchev–Trinajstić information content (AvgIpc) is 3.78. The van der Waals surface area contributed by atoms with Crippen LogP contribution in [0.2, 0.25) is 0 Å². The summed E-state index contributed by atoms with van der Waals surface area (Å²) in [6.45, 7) is 3.95. The molecule has 0 bridgehead atoms. The third-order valence-electron chi connectivity index (χ3n) is 8.19. The first-order chi connectivity index (χ1) is 21.6. The summed E-state index contributed by atoms with van der Waals surface area (Å²) in [5.74, 6) is -1.69. The lowest BCUT2D eigenvalue weighted by Gasteiger charge is -2.21. The number of methoxy groups -OCH3 is 1. The molecule has 11 heteroatoms. The van der Waals surface area contributed by atoms with Crippen LogP contribution in [0, 0.1) is 18.6 Å². The van der Waals surface area contributed by atoms with Crippen molar-refractivity contribution in [1.82, 2.24) is 15.3 Å². The molecular formula is C34H33F2N5O4. The number of pyridine rings is 2. The summed E-state index contributed by atoms with van der Waals surface area (Å²) in [6.07, 6.45) is 5.23. The second-order valence-electron chi connectivity index (χ2n) is 11.5. The Morgan fingerprint density at radius 3 is 2.76 bits per heavy atom. The first-order valence-electron chi connectivity index (χ1n) is 14.7. The molecule has 2 aromatic carbocycles. The van der Waals surface area contributed by atoms with Crippen LogP contribution >= 0.6 is 0 Å². The van der Waals surface area contributed by atoms with E-state index in [1.54, 1.807) is 31.3 Å². The Morgan fingerprint density at radius 2 is 2.02 bits per heavy atom. The summed E-state index contributed by atoms with van der Waals surface area (Å²) in [5.41, 5.74) is 9.68. The number of benzene rings is 2. The molecule has 4 N–H and O–H groups in total. The van der Waals surface area contributed by atoms with Crippen LogP contribution < -0.4 is 26.1 Å². The lowest BCUT2D eigenvalue weighted by molar-refractivity contribution is 0.0952. The van der Waals surface area contributed by atoms with Crippen LogP contribution in [-0.4, -0.2) is 48.4 Å². The normalized spacial score (nSPS) is 16.3. The number of nitrogens with zero attached hydrogens (tertiary/aromatic N) is 2. The lowest BCUT2D eigenvalue weighted by atomic mass is 9.91. The summed E-state index contributed by atoms with van der Waals surface area (Å²) in [5, 5.41) is 2.97. The van der Waals surface area contributed by atoms with Gasteiger partial charge in [-0.1, -0.05) is 6.92 Å². The Labute approximate surface area is 258 Å². The van der Waals surface area contributed by atoms with E-state index in [-0.39, 0.29) is 40.9 Å². The van der Waals surface area contributed by atoms with Crippen LogP contribution in [0.1, 0.15) is 69.9 Å². The zero-order valence-electron chi connectivity index (χ0n) is 25.1. The van der Waals surface area contributed by atoms with Gasteiger partial charge in [0.15, 0.2) is 0 Å². The number of aryl methyl sites for hydroxylation is 1. The van der Waals surface area contributed by atoms with Gasteiger partial charge in [0.1, 0.15) is 28.8 Å². The predicted molar refractivity (Wildman–Crippen MR) is 167 cm³/mol. The van der Waals surface area contributed by atoms with Crippen molar-refractivity contribution in [3.05, 3.63) is 104 Å². The number of halogens is 2. The number of ether oxygens (including phenoxy) is 2. The fraction of sp³-hybridized carbons (Fsp3) is 0.294. The Morgan fingerprint density at radius 1 is 1.22 bits per heavy atom. The summed E-state index contributed by atoms with van der Waals surface area (Å²) in [7, 11) is 1.48. The highest BCUT2D eigenvalue weighted by atomic mass is 19.1. The molecule has 1 aliphatic carbocycles. The second-order valence-corrected chi connectivity index (χ2v) is 11.5. The number of anilines is 1. The molecule has 45 heavy (non-hydrogen) atoms. The molecule has 2 aromatic heterocycles. The van der Waals surface area contributed by atoms with E-state index in [1.165, 1.54) is 25.4 Å². The number of hydrogen-bond acceptors (Lipinski definition) is 7. The highest BCUT2D eigenvalue weighted by Crippen LogP contribution is 2.43. The molecular weight excluding hydrogens is 580 g/mol. The molecule has 1 fully saturated rings. The van der Waals surface area contributed by atoms with Crippen molar-refractivity contribution >= 4 is 17.8 Å². The number of nitrogens with one attached hydrogen (secondary N) is 2. The second kappa shape index (κ2) is 12.1. The quantitative estimate of drug-likeness (QED) is 0.175. The molecule has 4 aromatic rings. The predicted octanol–water partition coefficient (Wildman–Crippen LogP) is 5.25. The molecule has 0 spiro atoms. The van der Waals surface area contributed by atoms with E-state index in [1.807, 2.05) is 13.0 Å². The minimum Gasteiger partial charge on any atom is -0.495 e. The zero-order chi connectivity index (χ0) is 31.8. The first kappa shape index (κ1) is 30.0. The largest absolute Gasteiger partial charge is 0.495 e. The number of rotatable bonds is 9. The Hall–Kier alpha value is -5.06. The molecule has 1 amide bonds. The van der Waals surface area contributed by atoms with Gasteiger partial charge in [0, 0.05) is 65.2 Å². The number of aromatic nitrogens is 2. The van der Waals surface area contributed by atoms with Gasteiger partial charge in [0.25, 0.3) is 5.91 Å². The smallest absolute Gasteiger partial charge is 0.251 e. The third kappa shape index (κ3) is 6.15. The van der Waals surface area contributed by atoms with Gasteiger partial charge in [0.05, 0.1) is 31.1 Å². The molecule has 9 nitrogen and oxygen atoms in total. The number of H-pyrrole nitrogens is 1. The molecule has 1 aliphatic heterocycles. The molecule has 1 saturated carbocycles. The zero-order valence-corrected chi connectivity index (χ0v) is 25.1. The molecule has 0 saturated heterocycles. The highest BCUT2D eigenvalue weighted by molar-refractivity contribution is 5.99. The fourth-order valence-corrected chi connectivity index (χ4v) is 5.42. The summed E-state index contributed by atoms with van der Waals surface area (Å²) in [6, 6.07) is 10.8. The van der Waals surface area contributed by atoms with E-state index in [4.69, 9.17) is 20.2 Å². The van der Waals surface area contributed by atoms with Crippen LogP contribution in [0.4, 0.5) is 14.5 Å². The molecule has 2 aliphatic rings. The molecule has 2 atom stereocenters. The van der Waals surface area contributed by atoms with Crippen LogP contribution in [0.3, 0.4) is 0 Å². The highest BCUT2D eigenvalue weighted by Gasteiger charge is 2.30. The van der Waals surface area contributed by atoms with Crippen LogP contribution in [0.15, 0.2) is 58.4 Å². The van der Waals surface area contributed by atoms with Crippen molar-refractivity contribution in [2.75, 3.05) is 26.0 Å². The molecule has 2 unspecified atom stereocenters. The fourth-order valence-electron chi connectivity index (χ4n) is 5.42. The monoisotopic (exact) mass is 613 g/mol. The maximum Gasteiger partial charge on any atom is 0.251 e. The van der Waals surface area contributed by atoms with Crippen LogP contribution in [0.5, 0.6) is 11.5 Å². The number of hydrogen-bond donors (Lipinski definition) is 3. The SMILES string of the molecule is COc1cc(C(=O)NCC(c2cc[nH]c(=O)c2)c2cc3c(c(-c4cc(C)c(F)cc4F)n2)OCC3C)cc(C=NC2CC2)c1N. The van der Waals surface area contributed by atoms with Gasteiger partial charge in [-0.15, -0.1) is 0 Å². The van der Waals surface area contributed by atoms with Gasteiger partial charge in [-0.2, -0.15) is 0 Å². The number of aliphatic imine (C=N–C) groups is 1. The number of amides is 1. The lowest BCUT2D eigenvalue weighted by Crippen LogP contribution is -2.30. The minimum atomic E-state index is -0.771. The Balaban J connectivity index is 1.39. The van der Waals surface area contributed by atoms with E-state index < -0.39 is 23.5 Å². The van der Waals surface area contributed by atoms with Gasteiger partial charge in [0.2, 0.25) is 5.56 Å². The van der Waals surface area contributed by atoms with Gasteiger partial charge in [-0.05, 0) is 61.2 Å². The third-order valence-corrected chi connectivity index (χ3v) is 8.19. The maximum absolute atomic E-state index is 15.2. The number of nitrogen functional groups attached to an aromatic ring is 1. The maximum atomic E-state index is 15.2. The van der Waals surface area contributed by atoms with Crippen molar-refractivity contribution in [2.45, 2.75) is 44.6 Å². The van der Waals surface area contributed by atoms with Gasteiger partial charge in [-0.3, -0.25) is 14.6 Å². The van der Waals surface area contributed by atoms with E-state index in [0.29, 0.717) is 46.2 Å². The number of nitrogens with two attached hydrogens (primary N) is 1.